The van der Waals surface area contributed by atoms with E-state index in [0.29, 0.717) is 0 Å². The summed E-state index contributed by atoms with van der Waals surface area (Å²) in [5, 5.41) is 1.02. The summed E-state index contributed by atoms with van der Waals surface area (Å²) in [6.07, 6.45) is 4.74. The van der Waals surface area contributed by atoms with E-state index < -0.39 is 0 Å². The van der Waals surface area contributed by atoms with Gasteiger partial charge in [0.15, 0.2) is 0 Å². The maximum absolute atomic E-state index is 3.94. The molecule has 0 spiro atoms. The van der Waals surface area contributed by atoms with E-state index in [9.17, 15) is 0 Å². The first-order chi connectivity index (χ1) is 3.93. The molecule has 0 aromatic carbocycles. The molecule has 50 valence electrons. The number of hydrogen-bond donors (Lipinski definition) is 0. The van der Waals surface area contributed by atoms with E-state index >= 15 is 0 Å². The van der Waals surface area contributed by atoms with Gasteiger partial charge >= 0.3 is 23.1 Å². The second kappa shape index (κ2) is 7.66. The fourth-order valence-electron chi connectivity index (χ4n) is 0.425. The summed E-state index contributed by atoms with van der Waals surface area (Å²) in [5.74, 6) is 0. The van der Waals surface area contributed by atoms with E-state index in [1.807, 2.05) is 18.4 Å². The number of rotatable bonds is 1. The predicted octanol–water partition coefficient (Wildman–Crippen LogP) is -1.77. The van der Waals surface area contributed by atoms with Crippen LogP contribution in [0.5, 0.6) is 0 Å². The molecule has 1 nitrogen and oxygen atoms in total. The Hall–Kier alpha value is 0.556. The third-order valence-electron chi connectivity index (χ3n) is 0.793. The van der Waals surface area contributed by atoms with Crippen molar-refractivity contribution in [2.24, 2.45) is 0 Å². The van der Waals surface area contributed by atoms with Crippen molar-refractivity contribution in [3.05, 3.63) is 24.4 Å². The normalized spacial score (nSPS) is 7.30. The summed E-state index contributed by atoms with van der Waals surface area (Å²) in [4.78, 5) is 3.94. The van der Waals surface area contributed by atoms with Crippen molar-refractivity contribution in [2.75, 3.05) is 6.26 Å². The summed E-state index contributed by atoms with van der Waals surface area (Å²) in [5.41, 5.74) is 0. The Morgan fingerprint density at radius 1 is 1.60 bits per heavy atom. The van der Waals surface area contributed by atoms with Crippen molar-refractivity contribution in [3.8, 4) is 0 Å². The van der Waals surface area contributed by atoms with Crippen LogP contribution in [-0.4, -0.2) is 34.3 Å². The monoisotopic (exact) mass is 183 g/mol. The van der Waals surface area contributed by atoms with Crippen molar-refractivity contribution in [1.82, 2.24) is 4.98 Å². The van der Waals surface area contributed by atoms with E-state index in [2.05, 4.69) is 11.2 Å². The van der Waals surface area contributed by atoms with E-state index in [-0.39, 0.29) is 35.5 Å². The predicted molar refractivity (Wildman–Crippen MR) is 40.6 cm³/mol. The van der Waals surface area contributed by atoms with Crippen LogP contribution in [0.25, 0.3) is 0 Å². The van der Waals surface area contributed by atoms with Gasteiger partial charge in [0.2, 0.25) is 0 Å². The molecule has 10 heavy (non-hydrogen) atoms. The van der Waals surface area contributed by atoms with Crippen LogP contribution in [0.3, 0.4) is 0 Å². The first kappa shape index (κ1) is 13.2. The number of halogens is 1. The zero-order valence-corrected chi connectivity index (χ0v) is 8.66. The fraction of sp³-hybridized carbons (Fsp3) is 0.167. The van der Waals surface area contributed by atoms with Crippen LogP contribution < -0.4 is 12.4 Å². The van der Waals surface area contributed by atoms with Gasteiger partial charge in [-0.15, -0.1) is 6.07 Å². The SMILES string of the molecule is CSc1ccc[c-]n1.[Cl-].[Mg+2]. The van der Waals surface area contributed by atoms with E-state index in [1.165, 1.54) is 0 Å². The van der Waals surface area contributed by atoms with E-state index in [1.54, 1.807) is 17.8 Å². The molecule has 0 saturated heterocycles. The molecular weight excluding hydrogens is 178 g/mol. The average Bonchev–Trinajstić information content (AvgIpc) is 1.90. The van der Waals surface area contributed by atoms with Gasteiger partial charge in [0.1, 0.15) is 0 Å². The van der Waals surface area contributed by atoms with Crippen LogP contribution in [0.4, 0.5) is 0 Å². The Morgan fingerprint density at radius 3 is 2.60 bits per heavy atom. The molecule has 1 aromatic rings. The van der Waals surface area contributed by atoms with Crippen LogP contribution in [0.15, 0.2) is 23.2 Å². The smallest absolute Gasteiger partial charge is 1.00 e. The zero-order valence-electron chi connectivity index (χ0n) is 5.67. The molecule has 1 aromatic heterocycles. The van der Waals surface area contributed by atoms with Crippen LogP contribution in [0.1, 0.15) is 0 Å². The van der Waals surface area contributed by atoms with Crippen molar-refractivity contribution in [1.29, 1.82) is 0 Å². The zero-order chi connectivity index (χ0) is 5.82. The van der Waals surface area contributed by atoms with Gasteiger partial charge in [-0.25, -0.2) is 0 Å². The van der Waals surface area contributed by atoms with Crippen molar-refractivity contribution < 1.29 is 12.4 Å². The Bertz CT molecular complexity index is 159. The molecule has 0 bridgehead atoms. The third kappa shape index (κ3) is 4.38. The Morgan fingerprint density at radius 2 is 2.30 bits per heavy atom. The largest absolute Gasteiger partial charge is 2.00 e. The van der Waals surface area contributed by atoms with Gasteiger partial charge in [-0.05, 0) is 11.3 Å². The summed E-state index contributed by atoms with van der Waals surface area (Å²) in [6, 6.07) is 5.68. The van der Waals surface area contributed by atoms with Crippen LogP contribution in [0, 0.1) is 6.20 Å². The molecule has 1 rings (SSSR count). The van der Waals surface area contributed by atoms with Gasteiger partial charge in [0.05, 0.1) is 0 Å². The summed E-state index contributed by atoms with van der Waals surface area (Å²) < 4.78 is 0. The standard InChI is InChI=1S/C6H6NS.ClH.Mg/c1-8-6-4-2-3-5-7-6;;/h2-4H,1H3;1H;/q-1;;+2/p-1. The molecule has 0 atom stereocenters. The van der Waals surface area contributed by atoms with Gasteiger partial charge in [0.25, 0.3) is 0 Å². The average molecular weight is 184 g/mol. The fourth-order valence-corrected chi connectivity index (χ4v) is 0.784. The van der Waals surface area contributed by atoms with Crippen molar-refractivity contribution in [3.63, 3.8) is 0 Å². The molecular formula is C6H6ClMgNS. The number of aromatic nitrogens is 1. The molecule has 0 aliphatic carbocycles. The molecule has 0 radical (unpaired) electrons. The Kier molecular flexibility index (Phi) is 10.1. The Balaban J connectivity index is 0. The van der Waals surface area contributed by atoms with Crippen molar-refractivity contribution >= 4 is 34.8 Å². The first-order valence-electron chi connectivity index (χ1n) is 2.30. The van der Waals surface area contributed by atoms with Crippen molar-refractivity contribution in [2.45, 2.75) is 5.03 Å². The molecule has 0 unspecified atom stereocenters. The number of pyridine rings is 1. The second-order valence-corrected chi connectivity index (χ2v) is 2.14. The Labute approximate surface area is 87.6 Å². The summed E-state index contributed by atoms with van der Waals surface area (Å²) >= 11 is 1.63. The second-order valence-electron chi connectivity index (χ2n) is 1.31. The maximum atomic E-state index is 3.94. The molecule has 0 aliphatic heterocycles. The van der Waals surface area contributed by atoms with Crippen LogP contribution in [-0.2, 0) is 0 Å². The van der Waals surface area contributed by atoms with Gasteiger partial charge in [0, 0.05) is 0 Å². The minimum atomic E-state index is 0. The quantitative estimate of drug-likeness (QED) is 0.291. The van der Waals surface area contributed by atoms with E-state index in [0.717, 1.165) is 5.03 Å². The molecule has 0 amide bonds. The topological polar surface area (TPSA) is 12.9 Å². The van der Waals surface area contributed by atoms with E-state index in [4.69, 9.17) is 0 Å². The van der Waals surface area contributed by atoms with Gasteiger partial charge in [-0.2, -0.15) is 23.9 Å². The first-order valence-corrected chi connectivity index (χ1v) is 3.53. The molecule has 4 heteroatoms. The maximum Gasteiger partial charge on any atom is 2.00 e. The summed E-state index contributed by atoms with van der Waals surface area (Å²) in [6.45, 7) is 0. The van der Waals surface area contributed by atoms with Gasteiger partial charge in [-0.3, -0.25) is 0 Å². The molecule has 0 N–H and O–H groups in total. The van der Waals surface area contributed by atoms with Gasteiger partial charge < -0.3 is 17.4 Å². The van der Waals surface area contributed by atoms with Crippen LogP contribution in [0.2, 0.25) is 0 Å². The molecule has 0 aliphatic rings. The molecule has 0 fully saturated rings. The van der Waals surface area contributed by atoms with Crippen LogP contribution >= 0.6 is 11.8 Å². The minimum Gasteiger partial charge on any atom is -1.00 e. The van der Waals surface area contributed by atoms with Gasteiger partial charge in [-0.1, -0.05) is 6.20 Å². The molecule has 1 heterocycles. The number of nitrogens with zero attached hydrogens (tertiary/aromatic N) is 1. The summed E-state index contributed by atoms with van der Waals surface area (Å²) in [7, 11) is 0. The minimum absolute atomic E-state index is 0. The number of hydrogen-bond acceptors (Lipinski definition) is 2. The molecule has 0 saturated carbocycles. The third-order valence-corrected chi connectivity index (χ3v) is 1.44. The number of thioether (sulfide) groups is 1.